The fourth-order valence-corrected chi connectivity index (χ4v) is 3.19. The average molecular weight is 343 g/mol. The molecule has 0 saturated heterocycles. The summed E-state index contributed by atoms with van der Waals surface area (Å²) in [5.74, 6) is 3.77. The van der Waals surface area contributed by atoms with E-state index < -0.39 is 0 Å². The first kappa shape index (κ1) is 16.0. The number of amides is 1. The third-order valence-electron chi connectivity index (χ3n) is 4.41. The van der Waals surface area contributed by atoms with Crippen LogP contribution in [0.25, 0.3) is 5.69 Å². The van der Waals surface area contributed by atoms with Crippen molar-refractivity contribution in [3.63, 3.8) is 0 Å². The SMILES string of the molecule is C#CCOc1ccc(C2CC(=O)Nc3c2ncn3-c2ccccc2)cc1. The van der Waals surface area contributed by atoms with Crippen LogP contribution >= 0.6 is 0 Å². The number of hydrogen-bond acceptors (Lipinski definition) is 3. The van der Waals surface area contributed by atoms with Crippen LogP contribution in [-0.2, 0) is 4.79 Å². The second-order valence-corrected chi connectivity index (χ2v) is 6.05. The highest BCUT2D eigenvalue weighted by Crippen LogP contribution is 2.37. The number of para-hydroxylation sites is 1. The molecule has 1 aliphatic rings. The zero-order valence-corrected chi connectivity index (χ0v) is 14.1. The topological polar surface area (TPSA) is 56.1 Å². The van der Waals surface area contributed by atoms with Crippen LogP contribution in [0.4, 0.5) is 5.82 Å². The van der Waals surface area contributed by atoms with Gasteiger partial charge in [-0.15, -0.1) is 6.42 Å². The lowest BCUT2D eigenvalue weighted by Crippen LogP contribution is -2.24. The van der Waals surface area contributed by atoms with Crippen molar-refractivity contribution in [3.8, 4) is 23.8 Å². The van der Waals surface area contributed by atoms with Gasteiger partial charge in [0, 0.05) is 18.0 Å². The van der Waals surface area contributed by atoms with Crippen LogP contribution < -0.4 is 10.1 Å². The molecule has 2 heterocycles. The Kier molecular flexibility index (Phi) is 4.16. The van der Waals surface area contributed by atoms with Crippen LogP contribution in [0.3, 0.4) is 0 Å². The number of nitrogens with one attached hydrogen (secondary N) is 1. The van der Waals surface area contributed by atoms with E-state index in [0.29, 0.717) is 12.2 Å². The minimum absolute atomic E-state index is 0.0205. The molecule has 1 unspecified atom stereocenters. The summed E-state index contributed by atoms with van der Waals surface area (Å²) >= 11 is 0. The van der Waals surface area contributed by atoms with Gasteiger partial charge in [-0.05, 0) is 29.8 Å². The van der Waals surface area contributed by atoms with Crippen LogP contribution in [-0.4, -0.2) is 22.1 Å². The number of carbonyl (C=O) groups excluding carboxylic acids is 1. The summed E-state index contributed by atoms with van der Waals surface area (Å²) in [6.45, 7) is 0.233. The summed E-state index contributed by atoms with van der Waals surface area (Å²) in [5, 5.41) is 2.96. The average Bonchev–Trinajstić information content (AvgIpc) is 3.10. The van der Waals surface area contributed by atoms with Gasteiger partial charge < -0.3 is 10.1 Å². The van der Waals surface area contributed by atoms with Crippen LogP contribution in [0.15, 0.2) is 60.9 Å². The van der Waals surface area contributed by atoms with E-state index in [9.17, 15) is 4.79 Å². The molecule has 3 aromatic rings. The van der Waals surface area contributed by atoms with Gasteiger partial charge in [-0.3, -0.25) is 9.36 Å². The fraction of sp³-hybridized carbons (Fsp3) is 0.143. The molecule has 0 spiro atoms. The molecule has 26 heavy (non-hydrogen) atoms. The monoisotopic (exact) mass is 343 g/mol. The Labute approximate surface area is 151 Å². The Morgan fingerprint density at radius 3 is 2.69 bits per heavy atom. The number of hydrogen-bond donors (Lipinski definition) is 1. The maximum absolute atomic E-state index is 12.3. The number of anilines is 1. The molecule has 0 radical (unpaired) electrons. The molecule has 1 N–H and O–H groups in total. The third-order valence-corrected chi connectivity index (χ3v) is 4.41. The molecule has 0 bridgehead atoms. The van der Waals surface area contributed by atoms with E-state index in [2.05, 4.69) is 16.2 Å². The van der Waals surface area contributed by atoms with Crippen molar-refractivity contribution < 1.29 is 9.53 Å². The molecule has 0 fully saturated rings. The second-order valence-electron chi connectivity index (χ2n) is 6.05. The molecule has 5 heteroatoms. The highest BCUT2D eigenvalue weighted by atomic mass is 16.5. The lowest BCUT2D eigenvalue weighted by atomic mass is 9.90. The minimum Gasteiger partial charge on any atom is -0.481 e. The number of nitrogens with zero attached hydrogens (tertiary/aromatic N) is 2. The summed E-state index contributed by atoms with van der Waals surface area (Å²) in [7, 11) is 0. The third kappa shape index (κ3) is 2.93. The van der Waals surface area contributed by atoms with Gasteiger partial charge in [0.2, 0.25) is 5.91 Å². The highest BCUT2D eigenvalue weighted by Gasteiger charge is 2.30. The van der Waals surface area contributed by atoms with E-state index >= 15 is 0 Å². The molecule has 0 saturated carbocycles. The van der Waals surface area contributed by atoms with E-state index in [0.717, 1.165) is 22.8 Å². The summed E-state index contributed by atoms with van der Waals surface area (Å²) in [6.07, 6.45) is 7.33. The standard InChI is InChI=1S/C21H17N3O2/c1-2-12-26-17-10-8-15(9-11-17)18-13-19(25)23-21-20(18)22-14-24(21)16-6-4-3-5-7-16/h1,3-11,14,18H,12-13H2,(H,23,25). The van der Waals surface area contributed by atoms with Gasteiger partial charge in [-0.25, -0.2) is 4.98 Å². The Hall–Kier alpha value is -3.52. The number of fused-ring (bicyclic) bond motifs is 1. The summed E-state index contributed by atoms with van der Waals surface area (Å²) in [5.41, 5.74) is 2.85. The highest BCUT2D eigenvalue weighted by molar-refractivity contribution is 5.94. The number of imidazole rings is 1. The molecule has 2 aromatic carbocycles. The van der Waals surface area contributed by atoms with Crippen LogP contribution in [0, 0.1) is 12.3 Å². The number of aromatic nitrogens is 2. The van der Waals surface area contributed by atoms with Gasteiger partial charge in [-0.1, -0.05) is 36.3 Å². The number of benzene rings is 2. The van der Waals surface area contributed by atoms with E-state index in [1.165, 1.54) is 0 Å². The number of ether oxygens (including phenoxy) is 1. The van der Waals surface area contributed by atoms with Gasteiger partial charge in [0.15, 0.2) is 0 Å². The van der Waals surface area contributed by atoms with Crippen LogP contribution in [0.1, 0.15) is 23.6 Å². The zero-order valence-electron chi connectivity index (χ0n) is 14.1. The molecule has 1 atom stereocenters. The van der Waals surface area contributed by atoms with Gasteiger partial charge in [0.05, 0.1) is 5.69 Å². The number of carbonyl (C=O) groups is 1. The van der Waals surface area contributed by atoms with E-state index in [-0.39, 0.29) is 18.4 Å². The van der Waals surface area contributed by atoms with Crippen molar-refractivity contribution in [1.82, 2.24) is 9.55 Å². The molecule has 1 aromatic heterocycles. The Balaban J connectivity index is 1.69. The lowest BCUT2D eigenvalue weighted by molar-refractivity contribution is -0.116. The first-order valence-corrected chi connectivity index (χ1v) is 8.35. The molecular weight excluding hydrogens is 326 g/mol. The van der Waals surface area contributed by atoms with Crippen molar-refractivity contribution in [1.29, 1.82) is 0 Å². The maximum atomic E-state index is 12.3. The normalized spacial score (nSPS) is 15.7. The summed E-state index contributed by atoms with van der Waals surface area (Å²) in [6, 6.07) is 17.5. The second kappa shape index (κ2) is 6.77. The molecule has 128 valence electrons. The number of terminal acetylenes is 1. The quantitative estimate of drug-likeness (QED) is 0.739. The van der Waals surface area contributed by atoms with E-state index in [4.69, 9.17) is 11.2 Å². The number of rotatable bonds is 4. The van der Waals surface area contributed by atoms with Gasteiger partial charge in [0.25, 0.3) is 0 Å². The Bertz CT molecular complexity index is 969. The van der Waals surface area contributed by atoms with Crippen LogP contribution in [0.2, 0.25) is 0 Å². The predicted octanol–water partition coefficient (Wildman–Crippen LogP) is 3.36. The smallest absolute Gasteiger partial charge is 0.226 e. The van der Waals surface area contributed by atoms with Crippen molar-refractivity contribution in [2.45, 2.75) is 12.3 Å². The lowest BCUT2D eigenvalue weighted by Gasteiger charge is -2.23. The van der Waals surface area contributed by atoms with Gasteiger partial charge in [-0.2, -0.15) is 0 Å². The Morgan fingerprint density at radius 2 is 1.96 bits per heavy atom. The van der Waals surface area contributed by atoms with Crippen molar-refractivity contribution in [3.05, 3.63) is 72.2 Å². The molecule has 1 aliphatic heterocycles. The molecule has 5 nitrogen and oxygen atoms in total. The minimum atomic E-state index is -0.0922. The first-order chi connectivity index (χ1) is 12.8. The maximum Gasteiger partial charge on any atom is 0.226 e. The molecular formula is C21H17N3O2. The van der Waals surface area contributed by atoms with Gasteiger partial charge >= 0.3 is 0 Å². The van der Waals surface area contributed by atoms with E-state index in [1.807, 2.05) is 59.2 Å². The van der Waals surface area contributed by atoms with Crippen LogP contribution in [0.5, 0.6) is 5.75 Å². The Morgan fingerprint density at radius 1 is 1.19 bits per heavy atom. The summed E-state index contributed by atoms with van der Waals surface area (Å²) in [4.78, 5) is 16.9. The first-order valence-electron chi connectivity index (χ1n) is 8.35. The molecule has 4 rings (SSSR count). The fourth-order valence-electron chi connectivity index (χ4n) is 3.19. The van der Waals surface area contributed by atoms with Crippen molar-refractivity contribution in [2.24, 2.45) is 0 Å². The van der Waals surface area contributed by atoms with Gasteiger partial charge in [0.1, 0.15) is 24.5 Å². The summed E-state index contributed by atoms with van der Waals surface area (Å²) < 4.78 is 7.32. The molecule has 1 amide bonds. The zero-order chi connectivity index (χ0) is 17.9. The predicted molar refractivity (Wildman–Crippen MR) is 99.4 cm³/mol. The molecule has 0 aliphatic carbocycles. The van der Waals surface area contributed by atoms with Crippen molar-refractivity contribution >= 4 is 11.7 Å². The van der Waals surface area contributed by atoms with E-state index in [1.54, 1.807) is 6.33 Å². The largest absolute Gasteiger partial charge is 0.481 e. The van der Waals surface area contributed by atoms with Crippen molar-refractivity contribution in [2.75, 3.05) is 11.9 Å².